The van der Waals surface area contributed by atoms with Gasteiger partial charge in [0.1, 0.15) is 4.99 Å². The third-order valence-corrected chi connectivity index (χ3v) is 4.11. The molecule has 0 unspecified atom stereocenters. The van der Waals surface area contributed by atoms with Gasteiger partial charge in [0.15, 0.2) is 0 Å². The fourth-order valence-corrected chi connectivity index (χ4v) is 2.60. The summed E-state index contributed by atoms with van der Waals surface area (Å²) in [6, 6.07) is 3.62. The maximum Gasteiger partial charge on any atom is 0.261 e. The Kier molecular flexibility index (Phi) is 4.91. The molecule has 2 rings (SSSR count). The van der Waals surface area contributed by atoms with E-state index in [1.807, 2.05) is 13.0 Å². The van der Waals surface area contributed by atoms with Crippen LogP contribution in [0.25, 0.3) is 0 Å². The van der Waals surface area contributed by atoms with Crippen molar-refractivity contribution in [2.45, 2.75) is 13.5 Å². The molecule has 1 aromatic heterocycles. The largest absolute Gasteiger partial charge is 0.389 e. The zero-order chi connectivity index (χ0) is 14.7. The normalized spacial score (nSPS) is 17.3. The lowest BCUT2D eigenvalue weighted by Crippen LogP contribution is -2.46. The number of aryl methyl sites for hydroxylation is 1. The first-order valence-electron chi connectivity index (χ1n) is 6.90. The van der Waals surface area contributed by atoms with Crippen molar-refractivity contribution in [2.75, 3.05) is 39.8 Å². The number of aromatic nitrogens is 1. The van der Waals surface area contributed by atoms with E-state index in [0.29, 0.717) is 12.1 Å². The fourth-order valence-electron chi connectivity index (χ4n) is 2.45. The molecular formula is C14H22N4OS. The van der Waals surface area contributed by atoms with Crippen molar-refractivity contribution in [2.24, 2.45) is 5.73 Å². The van der Waals surface area contributed by atoms with Gasteiger partial charge in [0.2, 0.25) is 0 Å². The van der Waals surface area contributed by atoms with E-state index >= 15 is 0 Å². The van der Waals surface area contributed by atoms with Crippen molar-refractivity contribution in [3.8, 4) is 0 Å². The van der Waals surface area contributed by atoms with Gasteiger partial charge in [-0.3, -0.25) is 9.69 Å². The molecule has 0 saturated carbocycles. The van der Waals surface area contributed by atoms with Crippen molar-refractivity contribution in [1.29, 1.82) is 0 Å². The average Bonchev–Trinajstić information content (AvgIpc) is 2.40. The van der Waals surface area contributed by atoms with Crippen LogP contribution < -0.4 is 11.3 Å². The second-order valence-electron chi connectivity index (χ2n) is 5.35. The third-order valence-electron chi connectivity index (χ3n) is 3.89. The molecule has 0 radical (unpaired) electrons. The average molecular weight is 294 g/mol. The second kappa shape index (κ2) is 6.47. The standard InChI is InChI=1S/C14H22N4OS/c1-11-3-4-12(13(15)20)14(19)18(11)10-9-17-7-5-16(2)6-8-17/h3-4H,5-10H2,1-2H3,(H2,15,20). The quantitative estimate of drug-likeness (QED) is 0.795. The molecule has 0 spiro atoms. The van der Waals surface area contributed by atoms with Crippen LogP contribution in [0.2, 0.25) is 0 Å². The Morgan fingerprint density at radius 2 is 1.90 bits per heavy atom. The molecule has 1 saturated heterocycles. The molecule has 0 aromatic carbocycles. The van der Waals surface area contributed by atoms with Crippen LogP contribution in [0, 0.1) is 6.92 Å². The van der Waals surface area contributed by atoms with E-state index in [1.165, 1.54) is 0 Å². The maximum absolute atomic E-state index is 12.3. The monoisotopic (exact) mass is 294 g/mol. The molecule has 20 heavy (non-hydrogen) atoms. The minimum Gasteiger partial charge on any atom is -0.389 e. The summed E-state index contributed by atoms with van der Waals surface area (Å²) in [5.41, 5.74) is 6.90. The molecule has 0 aliphatic carbocycles. The fraction of sp³-hybridized carbons (Fsp3) is 0.571. The Morgan fingerprint density at radius 3 is 2.50 bits per heavy atom. The van der Waals surface area contributed by atoms with E-state index in [2.05, 4.69) is 16.8 Å². The first-order valence-corrected chi connectivity index (χ1v) is 7.31. The van der Waals surface area contributed by atoms with Crippen LogP contribution in [0.1, 0.15) is 11.3 Å². The summed E-state index contributed by atoms with van der Waals surface area (Å²) in [6.07, 6.45) is 0. The predicted octanol–water partition coefficient (Wildman–Crippen LogP) is 0.0383. The summed E-state index contributed by atoms with van der Waals surface area (Å²) in [4.78, 5) is 17.2. The van der Waals surface area contributed by atoms with Gasteiger partial charge in [0.05, 0.1) is 5.56 Å². The van der Waals surface area contributed by atoms with Gasteiger partial charge in [-0.25, -0.2) is 0 Å². The lowest BCUT2D eigenvalue weighted by molar-refractivity contribution is 0.149. The Bertz CT molecular complexity index is 547. The molecule has 0 amide bonds. The van der Waals surface area contributed by atoms with Gasteiger partial charge in [0, 0.05) is 45.0 Å². The summed E-state index contributed by atoms with van der Waals surface area (Å²) in [7, 11) is 2.14. The third kappa shape index (κ3) is 3.45. The molecular weight excluding hydrogens is 272 g/mol. The number of thiocarbonyl (C=S) groups is 1. The van der Waals surface area contributed by atoms with E-state index in [-0.39, 0.29) is 10.5 Å². The Morgan fingerprint density at radius 1 is 1.25 bits per heavy atom. The zero-order valence-electron chi connectivity index (χ0n) is 12.1. The van der Waals surface area contributed by atoms with Crippen molar-refractivity contribution < 1.29 is 0 Å². The van der Waals surface area contributed by atoms with E-state index in [9.17, 15) is 4.79 Å². The Balaban J connectivity index is 2.07. The number of likely N-dealkylation sites (N-methyl/N-ethyl adjacent to an activating group) is 1. The summed E-state index contributed by atoms with van der Waals surface area (Å²) >= 11 is 4.92. The van der Waals surface area contributed by atoms with E-state index < -0.39 is 0 Å². The number of nitrogens with two attached hydrogens (primary N) is 1. The summed E-state index contributed by atoms with van der Waals surface area (Å²) in [5.74, 6) is 0. The smallest absolute Gasteiger partial charge is 0.261 e. The lowest BCUT2D eigenvalue weighted by Gasteiger charge is -2.32. The molecule has 110 valence electrons. The second-order valence-corrected chi connectivity index (χ2v) is 5.79. The number of pyridine rings is 1. The molecule has 2 N–H and O–H groups in total. The van der Waals surface area contributed by atoms with E-state index in [4.69, 9.17) is 18.0 Å². The highest BCUT2D eigenvalue weighted by atomic mass is 32.1. The highest BCUT2D eigenvalue weighted by Gasteiger charge is 2.14. The minimum absolute atomic E-state index is 0.0772. The number of hydrogen-bond acceptors (Lipinski definition) is 4. The van der Waals surface area contributed by atoms with Gasteiger partial charge in [-0.1, -0.05) is 12.2 Å². The van der Waals surface area contributed by atoms with Gasteiger partial charge >= 0.3 is 0 Å². The van der Waals surface area contributed by atoms with Crippen LogP contribution in [0.4, 0.5) is 0 Å². The number of hydrogen-bond donors (Lipinski definition) is 1. The zero-order valence-corrected chi connectivity index (χ0v) is 12.9. The van der Waals surface area contributed by atoms with Crippen LogP contribution >= 0.6 is 12.2 Å². The molecule has 0 bridgehead atoms. The minimum atomic E-state index is -0.0772. The molecule has 1 aliphatic heterocycles. The molecule has 1 fully saturated rings. The lowest BCUT2D eigenvalue weighted by atomic mass is 10.2. The number of piperazine rings is 1. The summed E-state index contributed by atoms with van der Waals surface area (Å²) < 4.78 is 1.77. The van der Waals surface area contributed by atoms with Crippen LogP contribution in [0.15, 0.2) is 16.9 Å². The highest BCUT2D eigenvalue weighted by Crippen LogP contribution is 2.02. The molecule has 0 atom stereocenters. The molecule has 6 heteroatoms. The van der Waals surface area contributed by atoms with Crippen molar-refractivity contribution in [3.63, 3.8) is 0 Å². The molecule has 1 aliphatic rings. The summed E-state index contributed by atoms with van der Waals surface area (Å²) in [6.45, 7) is 7.79. The summed E-state index contributed by atoms with van der Waals surface area (Å²) in [5, 5.41) is 0. The molecule has 2 heterocycles. The first kappa shape index (κ1) is 15.2. The van der Waals surface area contributed by atoms with Crippen molar-refractivity contribution in [3.05, 3.63) is 33.7 Å². The van der Waals surface area contributed by atoms with Gasteiger partial charge in [-0.05, 0) is 26.1 Å². The van der Waals surface area contributed by atoms with Gasteiger partial charge < -0.3 is 15.2 Å². The topological polar surface area (TPSA) is 54.5 Å². The Hall–Kier alpha value is -1.24. The maximum atomic E-state index is 12.3. The van der Waals surface area contributed by atoms with Crippen molar-refractivity contribution in [1.82, 2.24) is 14.4 Å². The van der Waals surface area contributed by atoms with Gasteiger partial charge in [-0.15, -0.1) is 0 Å². The SMILES string of the molecule is Cc1ccc(C(N)=S)c(=O)n1CCN1CCN(C)CC1. The van der Waals surface area contributed by atoms with E-state index in [0.717, 1.165) is 38.4 Å². The van der Waals surface area contributed by atoms with Gasteiger partial charge in [0.25, 0.3) is 5.56 Å². The molecule has 5 nitrogen and oxygen atoms in total. The van der Waals surface area contributed by atoms with Crippen LogP contribution in [0.5, 0.6) is 0 Å². The Labute approximate surface area is 125 Å². The number of nitrogens with zero attached hydrogens (tertiary/aromatic N) is 3. The highest BCUT2D eigenvalue weighted by molar-refractivity contribution is 7.80. The first-order chi connectivity index (χ1) is 9.49. The van der Waals surface area contributed by atoms with Crippen molar-refractivity contribution >= 4 is 17.2 Å². The predicted molar refractivity (Wildman–Crippen MR) is 85.3 cm³/mol. The van der Waals surface area contributed by atoms with Crippen LogP contribution in [0.3, 0.4) is 0 Å². The van der Waals surface area contributed by atoms with Crippen LogP contribution in [-0.2, 0) is 6.54 Å². The van der Waals surface area contributed by atoms with Crippen LogP contribution in [-0.4, -0.2) is 59.1 Å². The van der Waals surface area contributed by atoms with E-state index in [1.54, 1.807) is 10.6 Å². The molecule has 1 aromatic rings. The number of rotatable bonds is 4. The van der Waals surface area contributed by atoms with Gasteiger partial charge in [-0.2, -0.15) is 0 Å².